The average Bonchev–Trinajstić information content (AvgIpc) is 2.28. The SMILES string of the molecule is Cc1cccnc1CC(=O)NC(CO)C(=O)O. The van der Waals surface area contributed by atoms with Gasteiger partial charge in [-0.2, -0.15) is 0 Å². The maximum absolute atomic E-state index is 11.5. The number of rotatable bonds is 5. The first-order valence-electron chi connectivity index (χ1n) is 5.08. The lowest BCUT2D eigenvalue weighted by Gasteiger charge is -2.11. The molecule has 1 aromatic rings. The van der Waals surface area contributed by atoms with E-state index in [1.165, 1.54) is 0 Å². The number of nitrogens with zero attached hydrogens (tertiary/aromatic N) is 1. The van der Waals surface area contributed by atoms with E-state index in [1.807, 2.05) is 13.0 Å². The number of aliphatic hydroxyl groups is 1. The molecule has 6 nitrogen and oxygen atoms in total. The van der Waals surface area contributed by atoms with Crippen LogP contribution in [-0.2, 0) is 16.0 Å². The Morgan fingerprint density at radius 2 is 2.24 bits per heavy atom. The van der Waals surface area contributed by atoms with Crippen molar-refractivity contribution >= 4 is 11.9 Å². The van der Waals surface area contributed by atoms with Crippen molar-refractivity contribution in [3.63, 3.8) is 0 Å². The third-order valence-electron chi connectivity index (χ3n) is 2.26. The monoisotopic (exact) mass is 238 g/mol. The van der Waals surface area contributed by atoms with Gasteiger partial charge in [0.05, 0.1) is 18.7 Å². The van der Waals surface area contributed by atoms with E-state index in [-0.39, 0.29) is 6.42 Å². The van der Waals surface area contributed by atoms with Crippen LogP contribution in [0.15, 0.2) is 18.3 Å². The minimum Gasteiger partial charge on any atom is -0.480 e. The number of pyridine rings is 1. The van der Waals surface area contributed by atoms with Gasteiger partial charge in [0.25, 0.3) is 0 Å². The van der Waals surface area contributed by atoms with Gasteiger partial charge in [0.15, 0.2) is 0 Å². The molecule has 1 unspecified atom stereocenters. The molecule has 0 aromatic carbocycles. The Bertz CT molecular complexity index is 420. The van der Waals surface area contributed by atoms with Gasteiger partial charge in [-0.1, -0.05) is 6.07 Å². The lowest BCUT2D eigenvalue weighted by molar-refractivity contribution is -0.142. The number of carbonyl (C=O) groups excluding carboxylic acids is 1. The number of hydrogen-bond acceptors (Lipinski definition) is 4. The van der Waals surface area contributed by atoms with E-state index >= 15 is 0 Å². The number of amides is 1. The fourth-order valence-electron chi connectivity index (χ4n) is 1.29. The summed E-state index contributed by atoms with van der Waals surface area (Å²) in [5.74, 6) is -1.74. The summed E-state index contributed by atoms with van der Waals surface area (Å²) >= 11 is 0. The third kappa shape index (κ3) is 3.84. The van der Waals surface area contributed by atoms with Gasteiger partial charge in [-0.05, 0) is 18.6 Å². The van der Waals surface area contributed by atoms with E-state index in [0.717, 1.165) is 5.56 Å². The maximum atomic E-state index is 11.5. The molecule has 3 N–H and O–H groups in total. The Morgan fingerprint density at radius 3 is 2.76 bits per heavy atom. The number of nitrogens with one attached hydrogen (secondary N) is 1. The van der Waals surface area contributed by atoms with E-state index in [1.54, 1.807) is 12.3 Å². The summed E-state index contributed by atoms with van der Waals surface area (Å²) in [6.07, 6.45) is 1.56. The molecule has 0 aliphatic carbocycles. The predicted molar refractivity (Wildman–Crippen MR) is 59.3 cm³/mol. The van der Waals surface area contributed by atoms with Crippen LogP contribution in [0.5, 0.6) is 0 Å². The molecule has 0 radical (unpaired) electrons. The molecule has 0 saturated carbocycles. The van der Waals surface area contributed by atoms with E-state index in [4.69, 9.17) is 10.2 Å². The summed E-state index contributed by atoms with van der Waals surface area (Å²) in [6.45, 7) is 1.18. The lowest BCUT2D eigenvalue weighted by Crippen LogP contribution is -2.44. The number of carboxylic acid groups (broad SMARTS) is 1. The lowest BCUT2D eigenvalue weighted by atomic mass is 10.1. The summed E-state index contributed by atoms with van der Waals surface area (Å²) in [5, 5.41) is 19.6. The first-order valence-corrected chi connectivity index (χ1v) is 5.08. The zero-order chi connectivity index (χ0) is 12.8. The maximum Gasteiger partial charge on any atom is 0.328 e. The van der Waals surface area contributed by atoms with Crippen LogP contribution in [0.25, 0.3) is 0 Å². The van der Waals surface area contributed by atoms with Crippen molar-refractivity contribution in [2.45, 2.75) is 19.4 Å². The highest BCUT2D eigenvalue weighted by atomic mass is 16.4. The average molecular weight is 238 g/mol. The topological polar surface area (TPSA) is 99.5 Å². The van der Waals surface area contributed by atoms with Gasteiger partial charge in [-0.3, -0.25) is 9.78 Å². The van der Waals surface area contributed by atoms with Gasteiger partial charge in [0, 0.05) is 6.20 Å². The number of carbonyl (C=O) groups is 2. The van der Waals surface area contributed by atoms with Crippen LogP contribution >= 0.6 is 0 Å². The molecule has 0 saturated heterocycles. The molecule has 0 aliphatic rings. The third-order valence-corrected chi connectivity index (χ3v) is 2.26. The fourth-order valence-corrected chi connectivity index (χ4v) is 1.29. The summed E-state index contributed by atoms with van der Waals surface area (Å²) in [4.78, 5) is 26.1. The fraction of sp³-hybridized carbons (Fsp3) is 0.364. The molecule has 0 bridgehead atoms. The highest BCUT2D eigenvalue weighted by Gasteiger charge is 2.19. The standard InChI is InChI=1S/C11H14N2O4/c1-7-3-2-4-12-8(7)5-10(15)13-9(6-14)11(16)17/h2-4,9,14H,5-6H2,1H3,(H,13,15)(H,16,17). The molecular weight excluding hydrogens is 224 g/mol. The van der Waals surface area contributed by atoms with Crippen LogP contribution in [0.2, 0.25) is 0 Å². The van der Waals surface area contributed by atoms with E-state index in [9.17, 15) is 9.59 Å². The summed E-state index contributed by atoms with van der Waals surface area (Å²) in [6, 6.07) is 2.30. The van der Waals surface area contributed by atoms with Gasteiger partial charge < -0.3 is 15.5 Å². The predicted octanol–water partition coefficient (Wildman–Crippen LogP) is -0.506. The highest BCUT2D eigenvalue weighted by Crippen LogP contribution is 2.03. The Balaban J connectivity index is 2.61. The highest BCUT2D eigenvalue weighted by molar-refractivity contribution is 5.84. The first kappa shape index (κ1) is 13.1. The summed E-state index contributed by atoms with van der Waals surface area (Å²) in [7, 11) is 0. The van der Waals surface area contributed by atoms with Crippen LogP contribution in [0.1, 0.15) is 11.3 Å². The van der Waals surface area contributed by atoms with Crippen LogP contribution in [0, 0.1) is 6.92 Å². The Kier molecular flexibility index (Phi) is 4.59. The van der Waals surface area contributed by atoms with E-state index < -0.39 is 24.5 Å². The van der Waals surface area contributed by atoms with Crippen molar-refractivity contribution in [2.24, 2.45) is 0 Å². The molecule has 1 amide bonds. The zero-order valence-electron chi connectivity index (χ0n) is 9.38. The van der Waals surface area contributed by atoms with Crippen molar-refractivity contribution < 1.29 is 19.8 Å². The van der Waals surface area contributed by atoms with Crippen molar-refractivity contribution in [2.75, 3.05) is 6.61 Å². The second kappa shape index (κ2) is 5.95. The largest absolute Gasteiger partial charge is 0.480 e. The molecule has 0 fully saturated rings. The molecular formula is C11H14N2O4. The molecule has 1 aromatic heterocycles. The normalized spacial score (nSPS) is 11.9. The zero-order valence-corrected chi connectivity index (χ0v) is 9.38. The van der Waals surface area contributed by atoms with Gasteiger partial charge in [-0.25, -0.2) is 4.79 Å². The van der Waals surface area contributed by atoms with Gasteiger partial charge in [0.1, 0.15) is 6.04 Å². The second-order valence-corrected chi connectivity index (χ2v) is 3.58. The summed E-state index contributed by atoms with van der Waals surface area (Å²) in [5.41, 5.74) is 1.45. The van der Waals surface area contributed by atoms with Crippen molar-refractivity contribution in [3.05, 3.63) is 29.6 Å². The number of aliphatic hydroxyl groups excluding tert-OH is 1. The molecule has 92 valence electrons. The quantitative estimate of drug-likeness (QED) is 0.642. The van der Waals surface area contributed by atoms with Crippen molar-refractivity contribution in [1.82, 2.24) is 10.3 Å². The summed E-state index contributed by atoms with van der Waals surface area (Å²) < 4.78 is 0. The minimum absolute atomic E-state index is 0.00352. The molecule has 1 heterocycles. The first-order chi connectivity index (χ1) is 8.04. The molecule has 0 aliphatic heterocycles. The van der Waals surface area contributed by atoms with E-state index in [0.29, 0.717) is 5.69 Å². The van der Waals surface area contributed by atoms with Crippen LogP contribution < -0.4 is 5.32 Å². The van der Waals surface area contributed by atoms with Crippen molar-refractivity contribution in [3.8, 4) is 0 Å². The number of hydrogen-bond donors (Lipinski definition) is 3. The Labute approximate surface area is 98.3 Å². The van der Waals surface area contributed by atoms with Crippen LogP contribution in [0.4, 0.5) is 0 Å². The van der Waals surface area contributed by atoms with Crippen LogP contribution in [-0.4, -0.2) is 39.7 Å². The smallest absolute Gasteiger partial charge is 0.328 e. The second-order valence-electron chi connectivity index (χ2n) is 3.58. The Hall–Kier alpha value is -1.95. The number of aryl methyl sites for hydroxylation is 1. The number of aromatic nitrogens is 1. The van der Waals surface area contributed by atoms with E-state index in [2.05, 4.69) is 10.3 Å². The van der Waals surface area contributed by atoms with Gasteiger partial charge in [0.2, 0.25) is 5.91 Å². The molecule has 17 heavy (non-hydrogen) atoms. The number of aliphatic carboxylic acids is 1. The van der Waals surface area contributed by atoms with Gasteiger partial charge >= 0.3 is 5.97 Å². The molecule has 1 rings (SSSR count). The Morgan fingerprint density at radius 1 is 1.53 bits per heavy atom. The van der Waals surface area contributed by atoms with Crippen LogP contribution in [0.3, 0.4) is 0 Å². The van der Waals surface area contributed by atoms with Crippen molar-refractivity contribution in [1.29, 1.82) is 0 Å². The number of carboxylic acids is 1. The minimum atomic E-state index is -1.27. The molecule has 6 heteroatoms. The van der Waals surface area contributed by atoms with Gasteiger partial charge in [-0.15, -0.1) is 0 Å². The molecule has 0 spiro atoms. The molecule has 1 atom stereocenters.